The minimum Gasteiger partial charge on any atom is -0.352 e. The largest absolute Gasteiger partial charge is 0.451 e. The number of nitrogens with one attached hydrogen (secondary N) is 1. The van der Waals surface area contributed by atoms with Gasteiger partial charge in [0.15, 0.2) is 0 Å². The van der Waals surface area contributed by atoms with Crippen molar-refractivity contribution < 1.29 is 18.0 Å². The number of hydrogen-bond acceptors (Lipinski definition) is 3. The van der Waals surface area contributed by atoms with Crippen LogP contribution < -0.4 is 5.32 Å². The van der Waals surface area contributed by atoms with Crippen LogP contribution in [-0.4, -0.2) is 22.4 Å². The first-order valence-electron chi connectivity index (χ1n) is 4.12. The van der Waals surface area contributed by atoms with Gasteiger partial charge in [0, 0.05) is 18.9 Å². The average Bonchev–Trinajstić information content (AvgIpc) is 2.17. The van der Waals surface area contributed by atoms with E-state index in [-0.39, 0.29) is 5.56 Å². The second-order valence-corrected chi connectivity index (χ2v) is 2.65. The van der Waals surface area contributed by atoms with Crippen LogP contribution >= 0.6 is 0 Å². The molecule has 0 aliphatic carbocycles. The zero-order valence-corrected chi connectivity index (χ0v) is 7.80. The van der Waals surface area contributed by atoms with Crippen molar-refractivity contribution in [2.24, 2.45) is 0 Å². The molecule has 1 heterocycles. The van der Waals surface area contributed by atoms with Gasteiger partial charge in [0.2, 0.25) is 5.82 Å². The molecule has 15 heavy (non-hydrogen) atoms. The Labute approximate surface area is 83.5 Å². The predicted octanol–water partition coefficient (Wildman–Crippen LogP) is 1.25. The monoisotopic (exact) mass is 219 g/mol. The summed E-state index contributed by atoms with van der Waals surface area (Å²) in [6.45, 7) is 2.09. The molecular weight excluding hydrogens is 211 g/mol. The zero-order chi connectivity index (χ0) is 11.5. The smallest absolute Gasteiger partial charge is 0.352 e. The van der Waals surface area contributed by atoms with Crippen LogP contribution in [0.1, 0.15) is 23.1 Å². The molecule has 1 aromatic rings. The van der Waals surface area contributed by atoms with Crippen LogP contribution in [-0.2, 0) is 6.18 Å². The number of carbonyl (C=O) groups excluding carboxylic acids is 1. The van der Waals surface area contributed by atoms with Crippen LogP contribution in [0.3, 0.4) is 0 Å². The first-order chi connectivity index (χ1) is 6.95. The number of alkyl halides is 3. The standard InChI is InChI=1S/C8H8F3N3O/c1-2-12-6(15)5-3-13-7(14-4-5)8(9,10)11/h3-4H,2H2,1H3,(H,12,15). The van der Waals surface area contributed by atoms with Crippen LogP contribution in [0, 0.1) is 0 Å². The summed E-state index contributed by atoms with van der Waals surface area (Å²) in [4.78, 5) is 17.2. The van der Waals surface area contributed by atoms with Crippen molar-refractivity contribution in [1.29, 1.82) is 0 Å². The number of halogens is 3. The van der Waals surface area contributed by atoms with Crippen molar-refractivity contribution in [2.75, 3.05) is 6.54 Å². The molecule has 0 radical (unpaired) electrons. The molecule has 82 valence electrons. The molecule has 1 amide bonds. The third-order valence-electron chi connectivity index (χ3n) is 1.50. The SMILES string of the molecule is CCNC(=O)c1cnc(C(F)(F)F)nc1. The molecule has 0 fully saturated rings. The first-order valence-corrected chi connectivity index (χ1v) is 4.12. The van der Waals surface area contributed by atoms with Crippen molar-refractivity contribution in [3.63, 3.8) is 0 Å². The minimum absolute atomic E-state index is 0.00449. The molecular formula is C8H8F3N3O. The highest BCUT2D eigenvalue weighted by atomic mass is 19.4. The number of hydrogen-bond donors (Lipinski definition) is 1. The van der Waals surface area contributed by atoms with E-state index in [1.54, 1.807) is 6.92 Å². The highest BCUT2D eigenvalue weighted by Gasteiger charge is 2.34. The predicted molar refractivity (Wildman–Crippen MR) is 45.0 cm³/mol. The van der Waals surface area contributed by atoms with E-state index in [9.17, 15) is 18.0 Å². The Morgan fingerprint density at radius 2 is 1.93 bits per heavy atom. The molecule has 1 N–H and O–H groups in total. The summed E-state index contributed by atoms with van der Waals surface area (Å²) >= 11 is 0. The normalized spacial score (nSPS) is 11.2. The van der Waals surface area contributed by atoms with Crippen LogP contribution in [0.15, 0.2) is 12.4 Å². The fraction of sp³-hybridized carbons (Fsp3) is 0.375. The third-order valence-corrected chi connectivity index (χ3v) is 1.50. The maximum Gasteiger partial charge on any atom is 0.451 e. The molecule has 0 aliphatic rings. The van der Waals surface area contributed by atoms with E-state index >= 15 is 0 Å². The van der Waals surface area contributed by atoms with Crippen LogP contribution in [0.25, 0.3) is 0 Å². The molecule has 1 aromatic heterocycles. The van der Waals surface area contributed by atoms with Gasteiger partial charge in [-0.1, -0.05) is 0 Å². The van der Waals surface area contributed by atoms with E-state index in [2.05, 4.69) is 15.3 Å². The van der Waals surface area contributed by atoms with E-state index < -0.39 is 17.9 Å². The summed E-state index contributed by atoms with van der Waals surface area (Å²) < 4.78 is 36.1. The summed E-state index contributed by atoms with van der Waals surface area (Å²) in [7, 11) is 0. The van der Waals surface area contributed by atoms with Gasteiger partial charge < -0.3 is 5.32 Å². The van der Waals surface area contributed by atoms with E-state index in [4.69, 9.17) is 0 Å². The molecule has 1 rings (SSSR count). The number of aromatic nitrogens is 2. The Hall–Kier alpha value is -1.66. The van der Waals surface area contributed by atoms with Gasteiger partial charge in [-0.15, -0.1) is 0 Å². The van der Waals surface area contributed by atoms with Gasteiger partial charge in [-0.25, -0.2) is 9.97 Å². The number of carbonyl (C=O) groups is 1. The van der Waals surface area contributed by atoms with Crippen molar-refractivity contribution in [2.45, 2.75) is 13.1 Å². The van der Waals surface area contributed by atoms with Crippen LogP contribution in [0.2, 0.25) is 0 Å². The maximum absolute atomic E-state index is 12.0. The number of amides is 1. The molecule has 7 heteroatoms. The van der Waals surface area contributed by atoms with Gasteiger partial charge in [0.05, 0.1) is 5.56 Å². The lowest BCUT2D eigenvalue weighted by Crippen LogP contribution is -2.23. The summed E-state index contributed by atoms with van der Waals surface area (Å²) in [5.74, 6) is -1.75. The van der Waals surface area contributed by atoms with Gasteiger partial charge in [-0.05, 0) is 6.92 Å². The topological polar surface area (TPSA) is 54.9 Å². The Morgan fingerprint density at radius 1 is 1.40 bits per heavy atom. The van der Waals surface area contributed by atoms with Crippen LogP contribution in [0.5, 0.6) is 0 Å². The molecule has 0 aliphatic heterocycles. The quantitative estimate of drug-likeness (QED) is 0.814. The fourth-order valence-corrected chi connectivity index (χ4v) is 0.854. The van der Waals surface area contributed by atoms with Crippen molar-refractivity contribution in [1.82, 2.24) is 15.3 Å². The number of nitrogens with zero attached hydrogens (tertiary/aromatic N) is 2. The molecule has 4 nitrogen and oxygen atoms in total. The molecule has 0 saturated heterocycles. The highest BCUT2D eigenvalue weighted by Crippen LogP contribution is 2.25. The summed E-state index contributed by atoms with van der Waals surface area (Å²) in [5.41, 5.74) is 0.00449. The third kappa shape index (κ3) is 2.90. The fourth-order valence-electron chi connectivity index (χ4n) is 0.854. The Bertz CT molecular complexity index is 347. The van der Waals surface area contributed by atoms with E-state index in [0.29, 0.717) is 6.54 Å². The molecule has 0 bridgehead atoms. The second-order valence-electron chi connectivity index (χ2n) is 2.65. The molecule has 0 atom stereocenters. The van der Waals surface area contributed by atoms with Crippen molar-refractivity contribution >= 4 is 5.91 Å². The summed E-state index contributed by atoms with van der Waals surface area (Å²) in [5, 5.41) is 2.42. The van der Waals surface area contributed by atoms with Crippen molar-refractivity contribution in [3.8, 4) is 0 Å². The van der Waals surface area contributed by atoms with E-state index in [1.807, 2.05) is 0 Å². The Kier molecular flexibility index (Phi) is 3.23. The molecule has 0 unspecified atom stereocenters. The Balaban J connectivity index is 2.86. The second kappa shape index (κ2) is 4.24. The molecule has 0 spiro atoms. The van der Waals surface area contributed by atoms with Crippen molar-refractivity contribution in [3.05, 3.63) is 23.8 Å². The molecule has 0 saturated carbocycles. The van der Waals surface area contributed by atoms with E-state index in [1.165, 1.54) is 0 Å². The van der Waals surface area contributed by atoms with Gasteiger partial charge in [-0.3, -0.25) is 4.79 Å². The maximum atomic E-state index is 12.0. The lowest BCUT2D eigenvalue weighted by atomic mass is 10.3. The summed E-state index contributed by atoms with van der Waals surface area (Å²) in [6.07, 6.45) is -2.89. The van der Waals surface area contributed by atoms with Gasteiger partial charge in [-0.2, -0.15) is 13.2 Å². The first kappa shape index (κ1) is 11.4. The Morgan fingerprint density at radius 3 is 2.33 bits per heavy atom. The van der Waals surface area contributed by atoms with Gasteiger partial charge >= 0.3 is 6.18 Å². The minimum atomic E-state index is -4.58. The lowest BCUT2D eigenvalue weighted by Gasteiger charge is -2.05. The number of rotatable bonds is 2. The molecule has 0 aromatic carbocycles. The summed E-state index contributed by atoms with van der Waals surface area (Å²) in [6, 6.07) is 0. The zero-order valence-electron chi connectivity index (χ0n) is 7.80. The van der Waals surface area contributed by atoms with Crippen LogP contribution in [0.4, 0.5) is 13.2 Å². The van der Waals surface area contributed by atoms with Gasteiger partial charge in [0.1, 0.15) is 0 Å². The highest BCUT2D eigenvalue weighted by molar-refractivity contribution is 5.93. The average molecular weight is 219 g/mol. The van der Waals surface area contributed by atoms with E-state index in [0.717, 1.165) is 12.4 Å². The lowest BCUT2D eigenvalue weighted by molar-refractivity contribution is -0.145. The van der Waals surface area contributed by atoms with Gasteiger partial charge in [0.25, 0.3) is 5.91 Å².